The van der Waals surface area contributed by atoms with E-state index in [-0.39, 0.29) is 5.82 Å². The van der Waals surface area contributed by atoms with Crippen molar-refractivity contribution in [3.05, 3.63) is 53.6 Å². The van der Waals surface area contributed by atoms with Crippen molar-refractivity contribution < 1.29 is 4.39 Å². The molecule has 0 radical (unpaired) electrons. The SMILES string of the molecule is Fc1cccc(-c2cc3ncc4c(n3n2)C[C@H]2CC[C@@H]4N2)c1. The Morgan fingerprint density at radius 3 is 3.09 bits per heavy atom. The Bertz CT molecular complexity index is 885. The molecule has 0 saturated carbocycles. The van der Waals surface area contributed by atoms with Crippen LogP contribution in [-0.2, 0) is 6.42 Å². The number of halogens is 1. The van der Waals surface area contributed by atoms with Crippen LogP contribution in [0.4, 0.5) is 4.39 Å². The Morgan fingerprint density at radius 1 is 1.23 bits per heavy atom. The van der Waals surface area contributed by atoms with E-state index in [2.05, 4.69) is 10.3 Å². The highest BCUT2D eigenvalue weighted by molar-refractivity contribution is 5.64. The maximum Gasteiger partial charge on any atom is 0.155 e. The van der Waals surface area contributed by atoms with Crippen LogP contribution in [0.3, 0.4) is 0 Å². The van der Waals surface area contributed by atoms with Gasteiger partial charge in [-0.25, -0.2) is 13.9 Å². The molecule has 4 nitrogen and oxygen atoms in total. The average molecular weight is 294 g/mol. The van der Waals surface area contributed by atoms with Crippen molar-refractivity contribution in [3.8, 4) is 11.3 Å². The number of fused-ring (bicyclic) bond motifs is 6. The lowest BCUT2D eigenvalue weighted by atomic mass is 10.0. The third kappa shape index (κ3) is 1.72. The highest BCUT2D eigenvalue weighted by Gasteiger charge is 2.34. The first-order valence-corrected chi connectivity index (χ1v) is 7.67. The number of hydrogen-bond acceptors (Lipinski definition) is 3. The molecule has 0 amide bonds. The lowest BCUT2D eigenvalue weighted by Gasteiger charge is -2.24. The van der Waals surface area contributed by atoms with Gasteiger partial charge in [0.2, 0.25) is 0 Å². The maximum atomic E-state index is 13.4. The van der Waals surface area contributed by atoms with Gasteiger partial charge in [0.15, 0.2) is 5.65 Å². The van der Waals surface area contributed by atoms with Gasteiger partial charge in [0.1, 0.15) is 5.82 Å². The summed E-state index contributed by atoms with van der Waals surface area (Å²) in [6.07, 6.45) is 5.33. The smallest absolute Gasteiger partial charge is 0.155 e. The summed E-state index contributed by atoms with van der Waals surface area (Å²) in [6, 6.07) is 9.43. The summed E-state index contributed by atoms with van der Waals surface area (Å²) in [4.78, 5) is 4.55. The van der Waals surface area contributed by atoms with Crippen molar-refractivity contribution in [1.82, 2.24) is 19.9 Å². The lowest BCUT2D eigenvalue weighted by molar-refractivity contribution is 0.496. The summed E-state index contributed by atoms with van der Waals surface area (Å²) in [5, 5.41) is 8.32. The zero-order valence-electron chi connectivity index (χ0n) is 12.0. The van der Waals surface area contributed by atoms with Crippen molar-refractivity contribution in [1.29, 1.82) is 0 Å². The first-order valence-electron chi connectivity index (χ1n) is 7.67. The minimum Gasteiger partial charge on any atom is -0.307 e. The van der Waals surface area contributed by atoms with Crippen LogP contribution in [0.1, 0.15) is 30.1 Å². The molecule has 2 aromatic heterocycles. The molecule has 5 heteroatoms. The first kappa shape index (κ1) is 12.3. The number of rotatable bonds is 1. The number of nitrogens with one attached hydrogen (secondary N) is 1. The van der Waals surface area contributed by atoms with Gasteiger partial charge >= 0.3 is 0 Å². The van der Waals surface area contributed by atoms with Crippen molar-refractivity contribution >= 4 is 5.65 Å². The van der Waals surface area contributed by atoms with E-state index in [1.165, 1.54) is 36.2 Å². The average Bonchev–Trinajstić information content (AvgIpc) is 3.12. The Hall–Kier alpha value is -2.27. The second-order valence-electron chi connectivity index (χ2n) is 6.17. The Balaban J connectivity index is 1.70. The van der Waals surface area contributed by atoms with Crippen LogP contribution in [0, 0.1) is 5.82 Å². The molecule has 0 aliphatic carbocycles. The molecule has 1 fully saturated rings. The minimum absolute atomic E-state index is 0.244. The van der Waals surface area contributed by atoms with E-state index in [1.807, 2.05) is 22.8 Å². The maximum absolute atomic E-state index is 13.4. The van der Waals surface area contributed by atoms with Crippen molar-refractivity contribution in [3.63, 3.8) is 0 Å². The number of aromatic nitrogens is 3. The molecule has 3 aromatic rings. The lowest BCUT2D eigenvalue weighted by Crippen LogP contribution is -2.33. The molecule has 2 bridgehead atoms. The van der Waals surface area contributed by atoms with Crippen LogP contribution in [0.25, 0.3) is 16.9 Å². The van der Waals surface area contributed by atoms with Gasteiger partial charge in [-0.15, -0.1) is 0 Å². The minimum atomic E-state index is -0.244. The monoisotopic (exact) mass is 294 g/mol. The second kappa shape index (κ2) is 4.36. The number of hydrogen-bond donors (Lipinski definition) is 1. The molecule has 1 aromatic carbocycles. The van der Waals surface area contributed by atoms with E-state index in [9.17, 15) is 4.39 Å². The summed E-state index contributed by atoms with van der Waals surface area (Å²) in [6.45, 7) is 0. The molecule has 22 heavy (non-hydrogen) atoms. The normalized spacial score (nSPS) is 23.0. The van der Waals surface area contributed by atoms with Crippen LogP contribution in [0.15, 0.2) is 36.5 Å². The Kier molecular flexibility index (Phi) is 2.44. The van der Waals surface area contributed by atoms with Gasteiger partial charge in [-0.2, -0.15) is 5.10 Å². The van der Waals surface area contributed by atoms with Gasteiger partial charge in [0.05, 0.1) is 11.4 Å². The topological polar surface area (TPSA) is 42.2 Å². The van der Waals surface area contributed by atoms with E-state index in [0.717, 1.165) is 23.3 Å². The molecule has 1 N–H and O–H groups in total. The third-order valence-electron chi connectivity index (χ3n) is 4.79. The van der Waals surface area contributed by atoms with Crippen molar-refractivity contribution in [2.45, 2.75) is 31.3 Å². The van der Waals surface area contributed by atoms with E-state index < -0.39 is 0 Å². The molecular formula is C17H15FN4. The molecular weight excluding hydrogens is 279 g/mol. The van der Waals surface area contributed by atoms with Crippen LogP contribution >= 0.6 is 0 Å². The Morgan fingerprint density at radius 2 is 2.18 bits per heavy atom. The standard InChI is InChI=1S/C17H15FN4/c18-11-3-1-2-10(6-11)15-8-17-19-9-13-14-5-4-12(20-14)7-16(13)22(17)21-15/h1-3,6,8-9,12,14,20H,4-5,7H2/t12-,14+/m1/s1. The van der Waals surface area contributed by atoms with E-state index >= 15 is 0 Å². The molecule has 5 rings (SSSR count). The van der Waals surface area contributed by atoms with Gasteiger partial charge in [0, 0.05) is 41.9 Å². The van der Waals surface area contributed by atoms with Gasteiger partial charge in [-0.1, -0.05) is 12.1 Å². The second-order valence-corrected chi connectivity index (χ2v) is 6.17. The predicted octanol–water partition coefficient (Wildman–Crippen LogP) is 2.88. The fourth-order valence-corrected chi connectivity index (χ4v) is 3.74. The quantitative estimate of drug-likeness (QED) is 0.750. The highest BCUT2D eigenvalue weighted by atomic mass is 19.1. The molecule has 1 saturated heterocycles. The molecule has 0 spiro atoms. The summed E-state index contributed by atoms with van der Waals surface area (Å²) in [5.74, 6) is -0.244. The van der Waals surface area contributed by atoms with Gasteiger partial charge in [0.25, 0.3) is 0 Å². The number of benzene rings is 1. The van der Waals surface area contributed by atoms with Crippen LogP contribution in [-0.4, -0.2) is 20.6 Å². The predicted molar refractivity (Wildman–Crippen MR) is 81.0 cm³/mol. The van der Waals surface area contributed by atoms with E-state index in [0.29, 0.717) is 12.1 Å². The summed E-state index contributed by atoms with van der Waals surface area (Å²) < 4.78 is 15.4. The molecule has 2 aliphatic rings. The van der Waals surface area contributed by atoms with E-state index in [4.69, 9.17) is 5.10 Å². The highest BCUT2D eigenvalue weighted by Crippen LogP contribution is 2.35. The summed E-state index contributed by atoms with van der Waals surface area (Å²) in [7, 11) is 0. The van der Waals surface area contributed by atoms with Crippen LogP contribution in [0.5, 0.6) is 0 Å². The summed E-state index contributed by atoms with van der Waals surface area (Å²) >= 11 is 0. The van der Waals surface area contributed by atoms with E-state index in [1.54, 1.807) is 6.07 Å². The molecule has 2 atom stereocenters. The molecule has 2 aliphatic heterocycles. The summed E-state index contributed by atoms with van der Waals surface area (Å²) in [5.41, 5.74) is 4.90. The van der Waals surface area contributed by atoms with Crippen molar-refractivity contribution in [2.75, 3.05) is 0 Å². The fourth-order valence-electron chi connectivity index (χ4n) is 3.74. The Labute approximate surface area is 127 Å². The van der Waals surface area contributed by atoms with Crippen LogP contribution < -0.4 is 5.32 Å². The zero-order chi connectivity index (χ0) is 14.7. The van der Waals surface area contributed by atoms with Gasteiger partial charge < -0.3 is 5.32 Å². The molecule has 110 valence electrons. The zero-order valence-corrected chi connectivity index (χ0v) is 12.0. The van der Waals surface area contributed by atoms with Gasteiger partial charge in [-0.05, 0) is 25.0 Å². The fraction of sp³-hybridized carbons (Fsp3) is 0.294. The molecule has 4 heterocycles. The first-order chi connectivity index (χ1) is 10.8. The molecule has 0 unspecified atom stereocenters. The van der Waals surface area contributed by atoms with Crippen molar-refractivity contribution in [2.24, 2.45) is 0 Å². The largest absolute Gasteiger partial charge is 0.307 e. The van der Waals surface area contributed by atoms with Gasteiger partial charge in [-0.3, -0.25) is 0 Å². The third-order valence-corrected chi connectivity index (χ3v) is 4.79. The number of nitrogens with zero attached hydrogens (tertiary/aromatic N) is 3. The van der Waals surface area contributed by atoms with Crippen LogP contribution in [0.2, 0.25) is 0 Å².